The second-order valence-electron chi connectivity index (χ2n) is 6.00. The zero-order valence-electron chi connectivity index (χ0n) is 12.8. The van der Waals surface area contributed by atoms with Crippen LogP contribution in [-0.2, 0) is 6.42 Å². The third-order valence-corrected chi connectivity index (χ3v) is 4.61. The van der Waals surface area contributed by atoms with Crippen molar-refractivity contribution in [2.75, 3.05) is 13.6 Å². The topological polar surface area (TPSA) is 25.2 Å². The van der Waals surface area contributed by atoms with Crippen molar-refractivity contribution in [1.82, 2.24) is 9.47 Å². The Morgan fingerprint density at radius 1 is 1.48 bits per heavy atom. The fraction of sp³-hybridized carbons (Fsp3) is 0.389. The van der Waals surface area contributed by atoms with Crippen LogP contribution < -0.4 is 0 Å². The van der Waals surface area contributed by atoms with Gasteiger partial charge in [0.15, 0.2) is 0 Å². The SMILES string of the molecule is C=Cc1ccc2c(c1)c(CC1CCCN1C)cn2C(C)=O. The van der Waals surface area contributed by atoms with Crippen LogP contribution in [0.1, 0.15) is 35.7 Å². The van der Waals surface area contributed by atoms with Gasteiger partial charge in [0.1, 0.15) is 0 Å². The van der Waals surface area contributed by atoms with Crippen molar-refractivity contribution in [2.24, 2.45) is 0 Å². The molecule has 0 radical (unpaired) electrons. The van der Waals surface area contributed by atoms with Gasteiger partial charge in [-0.15, -0.1) is 0 Å². The maximum absolute atomic E-state index is 11.9. The maximum atomic E-state index is 11.9. The molecule has 0 aliphatic carbocycles. The molecule has 3 rings (SSSR count). The number of hydrogen-bond donors (Lipinski definition) is 0. The Morgan fingerprint density at radius 2 is 2.29 bits per heavy atom. The third-order valence-electron chi connectivity index (χ3n) is 4.61. The summed E-state index contributed by atoms with van der Waals surface area (Å²) in [7, 11) is 2.19. The highest BCUT2D eigenvalue weighted by molar-refractivity contribution is 5.94. The van der Waals surface area contributed by atoms with Gasteiger partial charge in [-0.2, -0.15) is 0 Å². The number of nitrogens with zero attached hydrogens (tertiary/aromatic N) is 2. The van der Waals surface area contributed by atoms with Gasteiger partial charge in [0.25, 0.3) is 0 Å². The van der Waals surface area contributed by atoms with E-state index < -0.39 is 0 Å². The van der Waals surface area contributed by atoms with Crippen LogP contribution in [0.4, 0.5) is 0 Å². The van der Waals surface area contributed by atoms with Crippen LogP contribution in [0.25, 0.3) is 17.0 Å². The molecule has 3 nitrogen and oxygen atoms in total. The summed E-state index contributed by atoms with van der Waals surface area (Å²) in [5, 5.41) is 1.18. The van der Waals surface area contributed by atoms with E-state index >= 15 is 0 Å². The summed E-state index contributed by atoms with van der Waals surface area (Å²) in [6.07, 6.45) is 7.39. The van der Waals surface area contributed by atoms with E-state index in [0.717, 1.165) is 17.5 Å². The molecule has 0 bridgehead atoms. The molecule has 1 atom stereocenters. The van der Waals surface area contributed by atoms with E-state index in [9.17, 15) is 4.79 Å². The van der Waals surface area contributed by atoms with E-state index in [2.05, 4.69) is 24.6 Å². The summed E-state index contributed by atoms with van der Waals surface area (Å²) in [4.78, 5) is 14.3. The number of likely N-dealkylation sites (tertiary alicyclic amines) is 1. The predicted octanol–water partition coefficient (Wildman–Crippen LogP) is 3.58. The Balaban J connectivity index is 2.07. The number of benzene rings is 1. The van der Waals surface area contributed by atoms with Crippen LogP contribution in [0.2, 0.25) is 0 Å². The van der Waals surface area contributed by atoms with E-state index in [1.807, 2.05) is 24.4 Å². The summed E-state index contributed by atoms with van der Waals surface area (Å²) in [5.41, 5.74) is 3.37. The summed E-state index contributed by atoms with van der Waals surface area (Å²) in [6, 6.07) is 6.77. The Kier molecular flexibility index (Phi) is 3.68. The van der Waals surface area contributed by atoms with Gasteiger partial charge in [-0.05, 0) is 56.1 Å². The molecule has 0 amide bonds. The number of likely N-dealkylation sites (N-methyl/N-ethyl adjacent to an activating group) is 1. The predicted molar refractivity (Wildman–Crippen MR) is 87.7 cm³/mol. The lowest BCUT2D eigenvalue weighted by atomic mass is 10.0. The summed E-state index contributed by atoms with van der Waals surface area (Å²) >= 11 is 0. The van der Waals surface area contributed by atoms with E-state index in [-0.39, 0.29) is 5.91 Å². The minimum atomic E-state index is 0.0670. The first-order valence-corrected chi connectivity index (χ1v) is 7.57. The van der Waals surface area contributed by atoms with Crippen molar-refractivity contribution in [3.8, 4) is 0 Å². The average Bonchev–Trinajstić information content (AvgIpc) is 3.03. The molecule has 1 saturated heterocycles. The average molecular weight is 282 g/mol. The lowest BCUT2D eigenvalue weighted by Crippen LogP contribution is -2.26. The van der Waals surface area contributed by atoms with Gasteiger partial charge in [0, 0.05) is 24.5 Å². The highest BCUT2D eigenvalue weighted by Gasteiger charge is 2.23. The molecule has 3 heteroatoms. The van der Waals surface area contributed by atoms with Crippen molar-refractivity contribution in [2.45, 2.75) is 32.2 Å². The maximum Gasteiger partial charge on any atom is 0.227 e. The quantitative estimate of drug-likeness (QED) is 0.859. The molecule has 2 aromatic rings. The number of carbonyl (C=O) groups excluding carboxylic acids is 1. The molecule has 1 aromatic heterocycles. The smallest absolute Gasteiger partial charge is 0.227 e. The number of aromatic nitrogens is 1. The minimum Gasteiger partial charge on any atom is -0.303 e. The Morgan fingerprint density at radius 3 is 2.90 bits per heavy atom. The van der Waals surface area contributed by atoms with Gasteiger partial charge < -0.3 is 4.90 Å². The first-order chi connectivity index (χ1) is 10.1. The third kappa shape index (κ3) is 2.54. The second-order valence-corrected chi connectivity index (χ2v) is 6.00. The molecule has 1 aromatic carbocycles. The van der Waals surface area contributed by atoms with Crippen molar-refractivity contribution in [1.29, 1.82) is 0 Å². The standard InChI is InChI=1S/C18H22N2O/c1-4-14-7-8-18-17(10-14)15(12-20(18)13(2)21)11-16-6-5-9-19(16)3/h4,7-8,10,12,16H,1,5-6,9,11H2,2-3H3. The van der Waals surface area contributed by atoms with Gasteiger partial charge in [-0.25, -0.2) is 0 Å². The minimum absolute atomic E-state index is 0.0670. The molecule has 1 aliphatic rings. The van der Waals surface area contributed by atoms with Crippen LogP contribution in [-0.4, -0.2) is 35.0 Å². The fourth-order valence-electron chi connectivity index (χ4n) is 3.36. The molecular weight excluding hydrogens is 260 g/mol. The highest BCUT2D eigenvalue weighted by Crippen LogP contribution is 2.27. The molecule has 21 heavy (non-hydrogen) atoms. The van der Waals surface area contributed by atoms with E-state index in [4.69, 9.17) is 0 Å². The summed E-state index contributed by atoms with van der Waals surface area (Å²) < 4.78 is 1.77. The molecular formula is C18H22N2O. The molecule has 110 valence electrons. The lowest BCUT2D eigenvalue weighted by molar-refractivity contribution is 0.0941. The summed E-state index contributed by atoms with van der Waals surface area (Å²) in [5.74, 6) is 0.0670. The van der Waals surface area contributed by atoms with Crippen LogP contribution in [0.5, 0.6) is 0 Å². The first kappa shape index (κ1) is 14.1. The van der Waals surface area contributed by atoms with Crippen LogP contribution in [0.3, 0.4) is 0 Å². The zero-order valence-corrected chi connectivity index (χ0v) is 12.8. The number of fused-ring (bicyclic) bond motifs is 1. The zero-order chi connectivity index (χ0) is 15.0. The summed E-state index contributed by atoms with van der Waals surface area (Å²) in [6.45, 7) is 6.63. The van der Waals surface area contributed by atoms with E-state index in [1.54, 1.807) is 11.5 Å². The van der Waals surface area contributed by atoms with Gasteiger partial charge in [-0.1, -0.05) is 18.7 Å². The van der Waals surface area contributed by atoms with Gasteiger partial charge >= 0.3 is 0 Å². The van der Waals surface area contributed by atoms with E-state index in [0.29, 0.717) is 6.04 Å². The fourth-order valence-corrected chi connectivity index (χ4v) is 3.36. The number of hydrogen-bond acceptors (Lipinski definition) is 2. The van der Waals surface area contributed by atoms with Crippen LogP contribution in [0, 0.1) is 0 Å². The van der Waals surface area contributed by atoms with Crippen molar-refractivity contribution in [3.05, 3.63) is 42.1 Å². The first-order valence-electron chi connectivity index (χ1n) is 7.57. The number of carbonyl (C=O) groups is 1. The largest absolute Gasteiger partial charge is 0.303 e. The van der Waals surface area contributed by atoms with Gasteiger partial charge in [0.05, 0.1) is 5.52 Å². The highest BCUT2D eigenvalue weighted by atomic mass is 16.1. The van der Waals surface area contributed by atoms with Gasteiger partial charge in [-0.3, -0.25) is 9.36 Å². The molecule has 1 aliphatic heterocycles. The van der Waals surface area contributed by atoms with Gasteiger partial charge in [0.2, 0.25) is 5.91 Å². The normalized spacial score (nSPS) is 19.2. The van der Waals surface area contributed by atoms with Crippen molar-refractivity contribution < 1.29 is 4.79 Å². The molecule has 1 unspecified atom stereocenters. The molecule has 0 spiro atoms. The van der Waals surface area contributed by atoms with E-state index in [1.165, 1.54) is 30.3 Å². The Bertz CT molecular complexity index is 699. The van der Waals surface area contributed by atoms with Crippen molar-refractivity contribution >= 4 is 22.9 Å². The molecule has 2 heterocycles. The lowest BCUT2D eigenvalue weighted by Gasteiger charge is -2.18. The number of rotatable bonds is 3. The van der Waals surface area contributed by atoms with Crippen molar-refractivity contribution in [3.63, 3.8) is 0 Å². The second kappa shape index (κ2) is 5.49. The van der Waals surface area contributed by atoms with Crippen LogP contribution in [0.15, 0.2) is 31.0 Å². The van der Waals surface area contributed by atoms with Crippen LogP contribution >= 0.6 is 0 Å². The molecule has 1 fully saturated rings. The molecule has 0 saturated carbocycles. The molecule has 0 N–H and O–H groups in total. The Labute approximate surface area is 125 Å². The Hall–Kier alpha value is -1.87. The monoisotopic (exact) mass is 282 g/mol.